The molecule has 4 aromatic carbocycles. The van der Waals surface area contributed by atoms with Gasteiger partial charge in [0.1, 0.15) is 12.4 Å². The van der Waals surface area contributed by atoms with Gasteiger partial charge in [-0.05, 0) is 70.1 Å². The first-order valence-electron chi connectivity index (χ1n) is 12.8. The topological polar surface area (TPSA) is 48.0 Å². The van der Waals surface area contributed by atoms with Gasteiger partial charge < -0.3 is 19.1 Å². The number of rotatable bonds is 8. The molecule has 1 atom stereocenters. The zero-order valence-electron chi connectivity index (χ0n) is 21.7. The number of amides is 1. The summed E-state index contributed by atoms with van der Waals surface area (Å²) in [5.74, 6) is 2.24. The maximum Gasteiger partial charge on any atom is 0.227 e. The van der Waals surface area contributed by atoms with E-state index in [0.717, 1.165) is 46.1 Å². The molecule has 1 aliphatic rings. The van der Waals surface area contributed by atoms with Crippen LogP contribution < -0.4 is 14.2 Å². The summed E-state index contributed by atoms with van der Waals surface area (Å²) in [6, 6.07) is 26.3. The molecule has 37 heavy (non-hydrogen) atoms. The van der Waals surface area contributed by atoms with Crippen LogP contribution in [0.1, 0.15) is 35.2 Å². The third-order valence-electron chi connectivity index (χ3n) is 7.28. The lowest BCUT2D eigenvalue weighted by molar-refractivity contribution is -0.134. The van der Waals surface area contributed by atoms with E-state index < -0.39 is 0 Å². The van der Waals surface area contributed by atoms with Gasteiger partial charge in [0.25, 0.3) is 0 Å². The van der Waals surface area contributed by atoms with Crippen LogP contribution in [-0.2, 0) is 24.1 Å². The van der Waals surface area contributed by atoms with E-state index in [0.29, 0.717) is 31.1 Å². The highest BCUT2D eigenvalue weighted by atomic mass is 16.5. The van der Waals surface area contributed by atoms with Crippen LogP contribution in [0.3, 0.4) is 0 Å². The van der Waals surface area contributed by atoms with E-state index in [9.17, 15) is 4.79 Å². The van der Waals surface area contributed by atoms with Gasteiger partial charge >= 0.3 is 0 Å². The minimum atomic E-state index is -0.239. The molecule has 5 heteroatoms. The number of hydrogen-bond acceptors (Lipinski definition) is 4. The highest BCUT2D eigenvalue weighted by Crippen LogP contribution is 2.39. The first kappa shape index (κ1) is 24.7. The Kier molecular flexibility index (Phi) is 7.31. The molecule has 0 aromatic heterocycles. The van der Waals surface area contributed by atoms with E-state index in [1.807, 2.05) is 53.4 Å². The average Bonchev–Trinajstić information content (AvgIpc) is 2.95. The van der Waals surface area contributed by atoms with Crippen molar-refractivity contribution in [2.45, 2.75) is 32.2 Å². The molecule has 1 amide bonds. The first-order valence-corrected chi connectivity index (χ1v) is 12.8. The van der Waals surface area contributed by atoms with Crippen LogP contribution in [0.2, 0.25) is 0 Å². The summed E-state index contributed by atoms with van der Waals surface area (Å²) in [6.45, 7) is 3.11. The van der Waals surface area contributed by atoms with Gasteiger partial charge in [0.05, 0.1) is 26.7 Å². The lowest BCUT2D eigenvalue weighted by Crippen LogP contribution is -2.43. The normalized spacial score (nSPS) is 14.8. The van der Waals surface area contributed by atoms with Crippen molar-refractivity contribution < 1.29 is 19.0 Å². The lowest BCUT2D eigenvalue weighted by Gasteiger charge is -2.38. The van der Waals surface area contributed by atoms with Crippen molar-refractivity contribution in [1.29, 1.82) is 0 Å². The summed E-state index contributed by atoms with van der Waals surface area (Å²) in [5, 5.41) is 2.26. The highest BCUT2D eigenvalue weighted by molar-refractivity contribution is 5.90. The molecule has 190 valence electrons. The minimum absolute atomic E-state index is 0.0896. The fourth-order valence-electron chi connectivity index (χ4n) is 5.21. The molecule has 5 nitrogen and oxygen atoms in total. The van der Waals surface area contributed by atoms with Crippen molar-refractivity contribution in [3.8, 4) is 17.2 Å². The summed E-state index contributed by atoms with van der Waals surface area (Å²) >= 11 is 0. The summed E-state index contributed by atoms with van der Waals surface area (Å²) in [5.41, 5.74) is 4.50. The van der Waals surface area contributed by atoms with Gasteiger partial charge in [-0.2, -0.15) is 0 Å². The van der Waals surface area contributed by atoms with Crippen LogP contribution in [0.4, 0.5) is 0 Å². The van der Waals surface area contributed by atoms with E-state index in [2.05, 4.69) is 37.3 Å². The Hall–Kier alpha value is -3.99. The third kappa shape index (κ3) is 5.12. The van der Waals surface area contributed by atoms with Crippen molar-refractivity contribution in [2.24, 2.45) is 0 Å². The fraction of sp³-hybridized carbons (Fsp3) is 0.281. The van der Waals surface area contributed by atoms with Crippen LogP contribution >= 0.6 is 0 Å². The Bertz CT molecular complexity index is 1390. The van der Waals surface area contributed by atoms with Gasteiger partial charge in [-0.1, -0.05) is 61.5 Å². The molecule has 1 heterocycles. The van der Waals surface area contributed by atoms with E-state index in [4.69, 9.17) is 14.2 Å². The number of carbonyl (C=O) groups excluding carboxylic acids is 1. The van der Waals surface area contributed by atoms with Gasteiger partial charge in [-0.15, -0.1) is 0 Å². The predicted octanol–water partition coefficient (Wildman–Crippen LogP) is 6.17. The van der Waals surface area contributed by atoms with Crippen LogP contribution in [0.5, 0.6) is 17.2 Å². The van der Waals surface area contributed by atoms with Crippen molar-refractivity contribution in [2.75, 3.05) is 27.4 Å². The monoisotopic (exact) mass is 495 g/mol. The second-order valence-electron chi connectivity index (χ2n) is 9.38. The summed E-state index contributed by atoms with van der Waals surface area (Å²) in [7, 11) is 3.28. The average molecular weight is 496 g/mol. The zero-order chi connectivity index (χ0) is 25.8. The van der Waals surface area contributed by atoms with Crippen LogP contribution in [0.25, 0.3) is 10.8 Å². The molecule has 1 unspecified atom stereocenters. The minimum Gasteiger partial charge on any atom is -0.493 e. The second kappa shape index (κ2) is 11.0. The van der Waals surface area contributed by atoms with Crippen LogP contribution in [-0.4, -0.2) is 38.2 Å². The molecular weight excluding hydrogens is 462 g/mol. The number of nitrogens with zero attached hydrogens (tertiary/aromatic N) is 1. The highest BCUT2D eigenvalue weighted by Gasteiger charge is 2.33. The largest absolute Gasteiger partial charge is 0.493 e. The molecule has 4 aromatic rings. The van der Waals surface area contributed by atoms with Crippen molar-refractivity contribution in [3.63, 3.8) is 0 Å². The standard InChI is InChI=1S/C32H33NO4/c1-4-22-12-14-26(15-13-22)37-21-29-28-20-31(36-3)30(35-2)18-25(28)16-17-33(29)32(34)19-24-10-7-9-23-8-5-6-11-27(23)24/h5-15,18,20,29H,4,16-17,19,21H2,1-3H3. The molecule has 0 saturated carbocycles. The second-order valence-corrected chi connectivity index (χ2v) is 9.38. The number of carbonyl (C=O) groups is 1. The molecule has 0 fully saturated rings. The number of methoxy groups -OCH3 is 2. The number of benzene rings is 4. The van der Waals surface area contributed by atoms with Crippen LogP contribution in [0, 0.1) is 0 Å². The zero-order valence-corrected chi connectivity index (χ0v) is 21.7. The van der Waals surface area contributed by atoms with Crippen molar-refractivity contribution in [3.05, 3.63) is 101 Å². The summed E-state index contributed by atoms with van der Waals surface area (Å²) < 4.78 is 17.4. The first-order chi connectivity index (χ1) is 18.1. The number of ether oxygens (including phenoxy) is 3. The van der Waals surface area contributed by atoms with Gasteiger partial charge in [-0.3, -0.25) is 4.79 Å². The number of hydrogen-bond donors (Lipinski definition) is 0. The molecule has 0 aliphatic carbocycles. The number of aryl methyl sites for hydroxylation is 1. The molecular formula is C32H33NO4. The Morgan fingerprint density at radius 3 is 2.41 bits per heavy atom. The molecule has 1 aliphatic heterocycles. The van der Waals surface area contributed by atoms with Gasteiger partial charge in [0.2, 0.25) is 5.91 Å². The van der Waals surface area contributed by atoms with Crippen LogP contribution in [0.15, 0.2) is 78.9 Å². The van der Waals surface area contributed by atoms with E-state index in [1.54, 1.807) is 14.2 Å². The smallest absolute Gasteiger partial charge is 0.227 e. The fourth-order valence-corrected chi connectivity index (χ4v) is 5.21. The summed E-state index contributed by atoms with van der Waals surface area (Å²) in [6.07, 6.45) is 2.07. The van der Waals surface area contributed by atoms with E-state index in [-0.39, 0.29) is 11.9 Å². The van der Waals surface area contributed by atoms with Gasteiger partial charge in [0.15, 0.2) is 11.5 Å². The molecule has 5 rings (SSSR count). The Morgan fingerprint density at radius 1 is 0.919 bits per heavy atom. The lowest BCUT2D eigenvalue weighted by atomic mass is 9.91. The van der Waals surface area contributed by atoms with E-state index >= 15 is 0 Å². The Labute approximate surface area is 218 Å². The van der Waals surface area contributed by atoms with Gasteiger partial charge in [0, 0.05) is 6.54 Å². The maximum atomic E-state index is 13.8. The van der Waals surface area contributed by atoms with Crippen molar-refractivity contribution in [1.82, 2.24) is 4.90 Å². The van der Waals surface area contributed by atoms with Crippen molar-refractivity contribution >= 4 is 16.7 Å². The third-order valence-corrected chi connectivity index (χ3v) is 7.28. The Balaban J connectivity index is 1.46. The molecule has 0 spiro atoms. The quantitative estimate of drug-likeness (QED) is 0.293. The molecule has 0 saturated heterocycles. The van der Waals surface area contributed by atoms with Gasteiger partial charge in [-0.25, -0.2) is 0 Å². The molecule has 0 bridgehead atoms. The molecule has 0 N–H and O–H groups in total. The number of fused-ring (bicyclic) bond motifs is 2. The predicted molar refractivity (Wildman–Crippen MR) is 147 cm³/mol. The maximum absolute atomic E-state index is 13.8. The SMILES string of the molecule is CCc1ccc(OCC2c3cc(OC)c(OC)cc3CCN2C(=O)Cc2cccc3ccccc23)cc1. The Morgan fingerprint density at radius 2 is 1.65 bits per heavy atom. The summed E-state index contributed by atoms with van der Waals surface area (Å²) in [4.78, 5) is 15.8. The molecule has 0 radical (unpaired) electrons. The van der Waals surface area contributed by atoms with E-state index in [1.165, 1.54) is 5.56 Å².